The third-order valence-corrected chi connectivity index (χ3v) is 3.41. The first-order valence-corrected chi connectivity index (χ1v) is 8.01. The number of anilines is 1. The van der Waals surface area contributed by atoms with Crippen molar-refractivity contribution in [2.24, 2.45) is 0 Å². The number of rotatable bonds is 4. The lowest BCUT2D eigenvalue weighted by Crippen LogP contribution is -2.29. The molecule has 0 amide bonds. The van der Waals surface area contributed by atoms with Crippen molar-refractivity contribution in [1.29, 1.82) is 0 Å². The van der Waals surface area contributed by atoms with Crippen molar-refractivity contribution in [1.82, 2.24) is 14.6 Å². The van der Waals surface area contributed by atoms with Crippen molar-refractivity contribution in [2.75, 3.05) is 5.32 Å². The Kier molecular flexibility index (Phi) is 5.76. The molecule has 3 heterocycles. The largest absolute Gasteiger partial charge is 0.366 e. The van der Waals surface area contributed by atoms with Crippen LogP contribution in [0, 0.1) is 0 Å². The van der Waals surface area contributed by atoms with Crippen LogP contribution < -0.4 is 10.0 Å². The minimum atomic E-state index is 0.422. The molecule has 0 radical (unpaired) electrons. The summed E-state index contributed by atoms with van der Waals surface area (Å²) in [5.74, 6) is 0.762. The number of hydrogen-bond acceptors (Lipinski definition) is 4. The Morgan fingerprint density at radius 2 is 2.17 bits per heavy atom. The second kappa shape index (κ2) is 7.78. The number of nitrogens with one attached hydrogen (secondary N) is 1. The van der Waals surface area contributed by atoms with Crippen LogP contribution in [0.5, 0.6) is 0 Å². The van der Waals surface area contributed by atoms with E-state index in [1.54, 1.807) is 35.2 Å². The second-order valence-electron chi connectivity index (χ2n) is 4.67. The molecule has 3 aromatic heterocycles. The van der Waals surface area contributed by atoms with Crippen LogP contribution in [0.25, 0.3) is 5.65 Å². The number of hydrogen-bond donors (Lipinski definition) is 2. The lowest BCUT2D eigenvalue weighted by Gasteiger charge is -2.08. The number of halogens is 1. The van der Waals surface area contributed by atoms with Crippen LogP contribution in [-0.2, 0) is 13.0 Å². The molecule has 0 aliphatic carbocycles. The molecular formula is C16H21ClN5O+. The predicted octanol–water partition coefficient (Wildman–Crippen LogP) is 3.11. The molecule has 0 bridgehead atoms. The topological polar surface area (TPSA) is 66.3 Å². The van der Waals surface area contributed by atoms with E-state index in [-0.39, 0.29) is 0 Å². The van der Waals surface area contributed by atoms with E-state index in [2.05, 4.69) is 22.3 Å². The molecule has 0 aliphatic heterocycles. The molecule has 2 N–H and O–H groups in total. The van der Waals surface area contributed by atoms with Gasteiger partial charge in [-0.2, -0.15) is 9.61 Å². The quantitative estimate of drug-likeness (QED) is 0.437. The van der Waals surface area contributed by atoms with Crippen molar-refractivity contribution in [2.45, 2.75) is 33.7 Å². The van der Waals surface area contributed by atoms with Gasteiger partial charge in [-0.05, 0) is 12.5 Å². The van der Waals surface area contributed by atoms with Crippen LogP contribution in [0.15, 0.2) is 36.8 Å². The maximum atomic E-state index is 9.40. The molecule has 0 saturated heterocycles. The first-order chi connectivity index (χ1) is 11.2. The number of pyridine rings is 1. The Labute approximate surface area is 140 Å². The van der Waals surface area contributed by atoms with E-state index in [1.807, 2.05) is 19.9 Å². The van der Waals surface area contributed by atoms with E-state index in [0.717, 1.165) is 33.7 Å². The lowest BCUT2D eigenvalue weighted by molar-refractivity contribution is -0.905. The summed E-state index contributed by atoms with van der Waals surface area (Å²) in [6.07, 6.45) is 5.84. The zero-order valence-corrected chi connectivity index (χ0v) is 14.2. The summed E-state index contributed by atoms with van der Waals surface area (Å²) < 4.78 is 2.76. The van der Waals surface area contributed by atoms with E-state index in [9.17, 15) is 5.21 Å². The van der Waals surface area contributed by atoms with E-state index < -0.39 is 0 Å². The zero-order chi connectivity index (χ0) is 16.8. The maximum Gasteiger partial charge on any atom is 0.227 e. The number of fused-ring (bicyclic) bond motifs is 1. The zero-order valence-electron chi connectivity index (χ0n) is 13.5. The molecule has 7 heteroatoms. The van der Waals surface area contributed by atoms with Gasteiger partial charge >= 0.3 is 0 Å². The molecule has 122 valence electrons. The Morgan fingerprint density at radius 3 is 2.87 bits per heavy atom. The van der Waals surface area contributed by atoms with Crippen LogP contribution in [0.4, 0.5) is 5.82 Å². The molecule has 0 atom stereocenters. The lowest BCUT2D eigenvalue weighted by atomic mass is 10.3. The summed E-state index contributed by atoms with van der Waals surface area (Å²) in [7, 11) is 0. The van der Waals surface area contributed by atoms with Crippen molar-refractivity contribution < 1.29 is 9.94 Å². The molecule has 6 nitrogen and oxygen atoms in total. The van der Waals surface area contributed by atoms with Gasteiger partial charge in [-0.1, -0.05) is 32.4 Å². The smallest absolute Gasteiger partial charge is 0.227 e. The molecule has 0 unspecified atom stereocenters. The monoisotopic (exact) mass is 334 g/mol. The summed E-state index contributed by atoms with van der Waals surface area (Å²) in [6.45, 7) is 6.59. The standard InChI is InChI=1S/C14H15ClN5O.C2H6/c1-2-11-8-17-20-13(6-12(15)18-14(11)20)16-7-10-4-3-5-19(21)9-10;1-2/h3-6,8-9,16,21H,2,7H2,1H3;1-2H3/q+1;. The highest BCUT2D eigenvalue weighted by molar-refractivity contribution is 6.29. The van der Waals surface area contributed by atoms with Crippen molar-refractivity contribution in [3.05, 3.63) is 53.1 Å². The summed E-state index contributed by atoms with van der Waals surface area (Å²) in [5.41, 5.74) is 2.75. The maximum absolute atomic E-state index is 9.40. The third-order valence-electron chi connectivity index (χ3n) is 3.22. The normalized spacial score (nSPS) is 10.3. The van der Waals surface area contributed by atoms with Gasteiger partial charge in [-0.25, -0.2) is 4.98 Å². The van der Waals surface area contributed by atoms with E-state index in [1.165, 1.54) is 0 Å². The van der Waals surface area contributed by atoms with E-state index >= 15 is 0 Å². The van der Waals surface area contributed by atoms with Crippen LogP contribution in [-0.4, -0.2) is 19.8 Å². The first-order valence-electron chi connectivity index (χ1n) is 7.64. The average Bonchev–Trinajstić information content (AvgIpc) is 2.97. The first kappa shape index (κ1) is 17.0. The van der Waals surface area contributed by atoms with Crippen LogP contribution in [0.3, 0.4) is 0 Å². The Morgan fingerprint density at radius 1 is 1.39 bits per heavy atom. The molecule has 0 spiro atoms. The SMILES string of the molecule is CC.CCc1cnn2c(NCc3ccc[n+](O)c3)cc(Cl)nc12. The Balaban J connectivity index is 0.000000924. The van der Waals surface area contributed by atoms with Crippen molar-refractivity contribution >= 4 is 23.1 Å². The van der Waals surface area contributed by atoms with Gasteiger partial charge in [0.25, 0.3) is 0 Å². The second-order valence-corrected chi connectivity index (χ2v) is 5.06. The molecule has 3 aromatic rings. The highest BCUT2D eigenvalue weighted by atomic mass is 35.5. The minimum Gasteiger partial charge on any atom is -0.366 e. The van der Waals surface area contributed by atoms with Gasteiger partial charge in [0.1, 0.15) is 11.0 Å². The number of nitrogens with zero attached hydrogens (tertiary/aromatic N) is 4. The van der Waals surface area contributed by atoms with Crippen LogP contribution in [0.2, 0.25) is 5.15 Å². The predicted molar refractivity (Wildman–Crippen MR) is 89.9 cm³/mol. The number of aromatic nitrogens is 4. The van der Waals surface area contributed by atoms with Gasteiger partial charge in [-0.15, -0.1) is 0 Å². The van der Waals surface area contributed by atoms with E-state index in [0.29, 0.717) is 11.7 Å². The molecule has 0 aliphatic rings. The molecular weight excluding hydrogens is 314 g/mol. The fourth-order valence-electron chi connectivity index (χ4n) is 2.16. The summed E-state index contributed by atoms with van der Waals surface area (Å²) in [6, 6.07) is 5.42. The third kappa shape index (κ3) is 3.90. The fourth-order valence-corrected chi connectivity index (χ4v) is 2.35. The Hall–Kier alpha value is -2.34. The van der Waals surface area contributed by atoms with Gasteiger partial charge in [-0.3, -0.25) is 5.21 Å². The van der Waals surface area contributed by atoms with Gasteiger partial charge in [0, 0.05) is 34.5 Å². The fraction of sp³-hybridized carbons (Fsp3) is 0.312. The van der Waals surface area contributed by atoms with Gasteiger partial charge in [0.2, 0.25) is 12.4 Å². The molecule has 0 saturated carbocycles. The average molecular weight is 335 g/mol. The van der Waals surface area contributed by atoms with Crippen LogP contribution in [0.1, 0.15) is 31.9 Å². The van der Waals surface area contributed by atoms with Crippen molar-refractivity contribution in [3.63, 3.8) is 0 Å². The molecule has 23 heavy (non-hydrogen) atoms. The summed E-state index contributed by atoms with van der Waals surface area (Å²) in [4.78, 5) is 4.32. The minimum absolute atomic E-state index is 0.422. The highest BCUT2D eigenvalue weighted by Gasteiger charge is 2.10. The van der Waals surface area contributed by atoms with E-state index in [4.69, 9.17) is 11.6 Å². The van der Waals surface area contributed by atoms with Gasteiger partial charge in [0.05, 0.1) is 6.20 Å². The molecule has 3 rings (SSSR count). The van der Waals surface area contributed by atoms with Crippen LogP contribution >= 0.6 is 11.6 Å². The summed E-state index contributed by atoms with van der Waals surface area (Å²) >= 11 is 6.08. The molecule has 0 fully saturated rings. The Bertz CT molecular complexity index is 787. The summed E-state index contributed by atoms with van der Waals surface area (Å²) in [5, 5.41) is 17.4. The van der Waals surface area contributed by atoms with Crippen molar-refractivity contribution in [3.8, 4) is 0 Å². The van der Waals surface area contributed by atoms with Gasteiger partial charge in [0.15, 0.2) is 5.65 Å². The van der Waals surface area contributed by atoms with Gasteiger partial charge < -0.3 is 5.32 Å². The highest BCUT2D eigenvalue weighted by Crippen LogP contribution is 2.19. The molecule has 0 aromatic carbocycles. The number of aryl methyl sites for hydroxylation is 1.